The van der Waals surface area contributed by atoms with Gasteiger partial charge in [-0.05, 0) is 37.0 Å². The first-order valence-corrected chi connectivity index (χ1v) is 7.23. The van der Waals surface area contributed by atoms with Gasteiger partial charge in [0.2, 0.25) is 0 Å². The van der Waals surface area contributed by atoms with Crippen LogP contribution in [-0.4, -0.2) is 11.3 Å². The number of hydrogen-bond donors (Lipinski definition) is 0. The molecule has 1 aromatic carbocycles. The molecule has 1 heterocycles. The third-order valence-corrected chi connectivity index (χ3v) is 3.88. The van der Waals surface area contributed by atoms with E-state index in [4.69, 9.17) is 11.6 Å². The van der Waals surface area contributed by atoms with Crippen molar-refractivity contribution >= 4 is 17.9 Å². The first-order valence-electron chi connectivity index (χ1n) is 6.85. The highest BCUT2D eigenvalue weighted by Crippen LogP contribution is 2.31. The molecule has 0 atom stereocenters. The smallest absolute Gasteiger partial charge is 0.153 e. The van der Waals surface area contributed by atoms with Crippen molar-refractivity contribution in [3.05, 3.63) is 51.7 Å². The Morgan fingerprint density at radius 3 is 2.25 bits per heavy atom. The van der Waals surface area contributed by atoms with Gasteiger partial charge in [0.1, 0.15) is 0 Å². The van der Waals surface area contributed by atoms with Crippen LogP contribution in [0.1, 0.15) is 41.0 Å². The highest BCUT2D eigenvalue weighted by Gasteiger charge is 2.14. The lowest BCUT2D eigenvalue weighted by Gasteiger charge is -2.14. The monoisotopic (exact) mass is 287 g/mol. The number of carbonyl (C=O) groups is 1. The Labute approximate surface area is 124 Å². The van der Waals surface area contributed by atoms with Crippen LogP contribution in [-0.2, 0) is 12.8 Å². The second kappa shape index (κ2) is 6.19. The predicted octanol–water partition coefficient (Wildman–Crippen LogP) is 4.65. The van der Waals surface area contributed by atoms with Crippen molar-refractivity contribution in [3.63, 3.8) is 0 Å². The van der Waals surface area contributed by atoms with E-state index >= 15 is 0 Å². The van der Waals surface area contributed by atoms with Crippen LogP contribution in [0.15, 0.2) is 24.3 Å². The molecule has 3 heteroatoms. The van der Waals surface area contributed by atoms with Gasteiger partial charge in [-0.1, -0.05) is 43.6 Å². The van der Waals surface area contributed by atoms with Crippen LogP contribution >= 0.6 is 11.6 Å². The second-order valence-electron chi connectivity index (χ2n) is 4.76. The molecular weight excluding hydrogens is 270 g/mol. The molecule has 104 valence electrons. The van der Waals surface area contributed by atoms with Crippen molar-refractivity contribution in [2.45, 2.75) is 33.6 Å². The van der Waals surface area contributed by atoms with Gasteiger partial charge >= 0.3 is 0 Å². The number of carbonyl (C=O) groups excluding carboxylic acids is 1. The van der Waals surface area contributed by atoms with Gasteiger partial charge in [-0.15, -0.1) is 0 Å². The summed E-state index contributed by atoms with van der Waals surface area (Å²) in [5.74, 6) is 0. The predicted molar refractivity (Wildman–Crippen MR) is 83.6 cm³/mol. The maximum atomic E-state index is 11.0. The standard InChI is InChI=1S/C17H18ClNO/c1-4-12-7-6-8-13(5-2)17(12)16-9-15(18)14(10-20)11(3)19-16/h6-10H,4-5H2,1-3H3. The summed E-state index contributed by atoms with van der Waals surface area (Å²) in [5, 5.41) is 0.468. The molecule has 0 spiro atoms. The largest absolute Gasteiger partial charge is 0.298 e. The minimum absolute atomic E-state index is 0.468. The van der Waals surface area contributed by atoms with Crippen molar-refractivity contribution < 1.29 is 4.79 Å². The van der Waals surface area contributed by atoms with Crippen LogP contribution in [0.25, 0.3) is 11.3 Å². The normalized spacial score (nSPS) is 10.6. The zero-order valence-electron chi connectivity index (χ0n) is 12.0. The molecule has 0 aliphatic rings. The van der Waals surface area contributed by atoms with Crippen LogP contribution in [0.4, 0.5) is 0 Å². The molecule has 0 radical (unpaired) electrons. The molecule has 0 N–H and O–H groups in total. The minimum atomic E-state index is 0.468. The van der Waals surface area contributed by atoms with Crippen LogP contribution in [0.3, 0.4) is 0 Å². The van der Waals surface area contributed by atoms with Crippen LogP contribution in [0.5, 0.6) is 0 Å². The number of halogens is 1. The Balaban J connectivity index is 2.71. The molecule has 0 bridgehead atoms. The van der Waals surface area contributed by atoms with E-state index in [1.54, 1.807) is 6.07 Å². The molecule has 0 fully saturated rings. The van der Waals surface area contributed by atoms with Gasteiger partial charge in [-0.2, -0.15) is 0 Å². The van der Waals surface area contributed by atoms with E-state index in [1.807, 2.05) is 6.92 Å². The zero-order chi connectivity index (χ0) is 14.7. The molecule has 0 unspecified atom stereocenters. The highest BCUT2D eigenvalue weighted by atomic mass is 35.5. The van der Waals surface area contributed by atoms with Crippen molar-refractivity contribution in [1.82, 2.24) is 4.98 Å². The Morgan fingerprint density at radius 2 is 1.80 bits per heavy atom. The third-order valence-electron chi connectivity index (χ3n) is 3.57. The lowest BCUT2D eigenvalue weighted by molar-refractivity contribution is 0.112. The third kappa shape index (κ3) is 2.61. The Bertz CT molecular complexity index is 604. The number of pyridine rings is 1. The first-order chi connectivity index (χ1) is 9.62. The van der Waals surface area contributed by atoms with Gasteiger partial charge in [0.15, 0.2) is 6.29 Å². The van der Waals surface area contributed by atoms with E-state index < -0.39 is 0 Å². The molecular formula is C17H18ClNO. The molecule has 2 rings (SSSR count). The average Bonchev–Trinajstić information content (AvgIpc) is 2.45. The lowest BCUT2D eigenvalue weighted by atomic mass is 9.94. The molecule has 20 heavy (non-hydrogen) atoms. The maximum absolute atomic E-state index is 11.0. The number of nitrogens with zero attached hydrogens (tertiary/aromatic N) is 1. The second-order valence-corrected chi connectivity index (χ2v) is 5.17. The quantitative estimate of drug-likeness (QED) is 0.766. The summed E-state index contributed by atoms with van der Waals surface area (Å²) in [6, 6.07) is 8.11. The van der Waals surface area contributed by atoms with E-state index in [0.29, 0.717) is 16.3 Å². The number of aryl methyl sites for hydroxylation is 3. The Morgan fingerprint density at radius 1 is 1.20 bits per heavy atom. The Hall–Kier alpha value is -1.67. The number of aldehydes is 1. The lowest BCUT2D eigenvalue weighted by Crippen LogP contribution is -2.00. The van der Waals surface area contributed by atoms with Crippen molar-refractivity contribution in [2.24, 2.45) is 0 Å². The molecule has 0 aliphatic carbocycles. The maximum Gasteiger partial charge on any atom is 0.153 e. The van der Waals surface area contributed by atoms with Gasteiger partial charge in [0.25, 0.3) is 0 Å². The molecule has 2 aromatic rings. The molecule has 0 amide bonds. The topological polar surface area (TPSA) is 30.0 Å². The molecule has 0 saturated carbocycles. The van der Waals surface area contributed by atoms with E-state index in [-0.39, 0.29) is 0 Å². The number of benzene rings is 1. The van der Waals surface area contributed by atoms with E-state index in [9.17, 15) is 4.79 Å². The van der Waals surface area contributed by atoms with E-state index in [0.717, 1.165) is 30.4 Å². The molecule has 2 nitrogen and oxygen atoms in total. The highest BCUT2D eigenvalue weighted by molar-refractivity contribution is 6.33. The molecule has 0 saturated heterocycles. The fourth-order valence-corrected chi connectivity index (χ4v) is 2.77. The summed E-state index contributed by atoms with van der Waals surface area (Å²) >= 11 is 6.20. The summed E-state index contributed by atoms with van der Waals surface area (Å²) in [4.78, 5) is 15.6. The van der Waals surface area contributed by atoms with E-state index in [2.05, 4.69) is 37.0 Å². The van der Waals surface area contributed by atoms with Gasteiger partial charge in [-0.3, -0.25) is 9.78 Å². The number of hydrogen-bond acceptors (Lipinski definition) is 2. The zero-order valence-corrected chi connectivity index (χ0v) is 12.8. The first kappa shape index (κ1) is 14.7. The summed E-state index contributed by atoms with van der Waals surface area (Å²) in [6.45, 7) is 6.08. The van der Waals surface area contributed by atoms with Gasteiger partial charge < -0.3 is 0 Å². The van der Waals surface area contributed by atoms with E-state index in [1.165, 1.54) is 11.1 Å². The van der Waals surface area contributed by atoms with Gasteiger partial charge in [-0.25, -0.2) is 0 Å². The minimum Gasteiger partial charge on any atom is -0.298 e. The van der Waals surface area contributed by atoms with Crippen LogP contribution < -0.4 is 0 Å². The van der Waals surface area contributed by atoms with Gasteiger partial charge in [0.05, 0.1) is 16.3 Å². The van der Waals surface area contributed by atoms with Crippen LogP contribution in [0, 0.1) is 6.92 Å². The Kier molecular flexibility index (Phi) is 4.56. The molecule has 0 aliphatic heterocycles. The number of rotatable bonds is 4. The SMILES string of the molecule is CCc1cccc(CC)c1-c1cc(Cl)c(C=O)c(C)n1. The van der Waals surface area contributed by atoms with Crippen molar-refractivity contribution in [2.75, 3.05) is 0 Å². The summed E-state index contributed by atoms with van der Waals surface area (Å²) in [7, 11) is 0. The van der Waals surface area contributed by atoms with Crippen LogP contribution in [0.2, 0.25) is 5.02 Å². The summed E-state index contributed by atoms with van der Waals surface area (Å²) < 4.78 is 0. The fourth-order valence-electron chi connectivity index (χ4n) is 2.48. The summed E-state index contributed by atoms with van der Waals surface area (Å²) in [6.07, 6.45) is 2.65. The van der Waals surface area contributed by atoms with Crippen molar-refractivity contribution in [3.8, 4) is 11.3 Å². The fraction of sp³-hybridized carbons (Fsp3) is 0.294. The summed E-state index contributed by atoms with van der Waals surface area (Å²) in [5.41, 5.74) is 5.67. The van der Waals surface area contributed by atoms with Crippen molar-refractivity contribution in [1.29, 1.82) is 0 Å². The average molecular weight is 288 g/mol. The number of aromatic nitrogens is 1. The van der Waals surface area contributed by atoms with Gasteiger partial charge in [0, 0.05) is 11.3 Å². The molecule has 1 aromatic heterocycles.